The van der Waals surface area contributed by atoms with E-state index in [4.69, 9.17) is 11.6 Å². The van der Waals surface area contributed by atoms with Crippen LogP contribution in [0.15, 0.2) is 12.1 Å². The molecule has 1 aromatic rings. The third-order valence-electron chi connectivity index (χ3n) is 4.31. The van der Waals surface area contributed by atoms with E-state index in [1.165, 1.54) is 25.7 Å². The van der Waals surface area contributed by atoms with E-state index >= 15 is 0 Å². The second-order valence-electron chi connectivity index (χ2n) is 5.83. The van der Waals surface area contributed by atoms with Crippen LogP contribution in [-0.2, 0) is 6.42 Å². The van der Waals surface area contributed by atoms with Gasteiger partial charge in [-0.05, 0) is 42.7 Å². The molecule has 0 N–H and O–H groups in total. The van der Waals surface area contributed by atoms with Crippen molar-refractivity contribution in [3.05, 3.63) is 34.1 Å². The van der Waals surface area contributed by atoms with E-state index < -0.39 is 0 Å². The van der Waals surface area contributed by atoms with Crippen LogP contribution >= 0.6 is 11.6 Å². The zero-order valence-electron chi connectivity index (χ0n) is 11.3. The van der Waals surface area contributed by atoms with Crippen molar-refractivity contribution in [1.29, 1.82) is 0 Å². The highest BCUT2D eigenvalue weighted by atomic mass is 35.5. The molecule has 0 atom stereocenters. The minimum Gasteiger partial charge on any atom is -0.205 e. The van der Waals surface area contributed by atoms with Crippen molar-refractivity contribution in [2.45, 2.75) is 52.4 Å². The third-order valence-corrected chi connectivity index (χ3v) is 4.72. The Morgan fingerprint density at radius 2 is 1.89 bits per heavy atom. The average Bonchev–Trinajstić information content (AvgIpc) is 2.37. The molecule has 0 spiro atoms. The Morgan fingerprint density at radius 3 is 2.56 bits per heavy atom. The van der Waals surface area contributed by atoms with E-state index in [0.29, 0.717) is 10.6 Å². The topological polar surface area (TPSA) is 0 Å². The van der Waals surface area contributed by atoms with Crippen LogP contribution in [0, 0.1) is 24.6 Å². The third kappa shape index (κ3) is 3.26. The molecule has 0 heterocycles. The minimum atomic E-state index is -0.244. The Bertz CT molecular complexity index is 406. The van der Waals surface area contributed by atoms with Crippen molar-refractivity contribution in [3.8, 4) is 0 Å². The number of halogens is 2. The maximum absolute atomic E-state index is 13.7. The standard InChI is InChI=1S/C16H22ClF/c1-11-3-6-13(7-4-11)8-10-14-9-5-12(2)16(18)15(14)17/h5,9,11,13H,3-4,6-8,10H2,1-2H3. The van der Waals surface area contributed by atoms with Gasteiger partial charge in [0.25, 0.3) is 0 Å². The number of benzene rings is 1. The van der Waals surface area contributed by atoms with E-state index in [9.17, 15) is 4.39 Å². The molecule has 0 amide bonds. The molecule has 2 rings (SSSR count). The van der Waals surface area contributed by atoms with Crippen LogP contribution in [0.2, 0.25) is 5.02 Å². The molecule has 0 radical (unpaired) electrons. The van der Waals surface area contributed by atoms with Gasteiger partial charge >= 0.3 is 0 Å². The molecule has 18 heavy (non-hydrogen) atoms. The van der Waals surface area contributed by atoms with Gasteiger partial charge in [0.2, 0.25) is 0 Å². The van der Waals surface area contributed by atoms with Gasteiger partial charge in [0.05, 0.1) is 5.02 Å². The maximum Gasteiger partial charge on any atom is 0.144 e. The molecule has 1 fully saturated rings. The monoisotopic (exact) mass is 268 g/mol. The summed E-state index contributed by atoms with van der Waals surface area (Å²) >= 11 is 6.06. The largest absolute Gasteiger partial charge is 0.205 e. The molecule has 0 bridgehead atoms. The van der Waals surface area contributed by atoms with Crippen LogP contribution in [0.4, 0.5) is 4.39 Å². The van der Waals surface area contributed by atoms with Gasteiger partial charge in [-0.15, -0.1) is 0 Å². The van der Waals surface area contributed by atoms with Gasteiger partial charge in [-0.25, -0.2) is 4.39 Å². The van der Waals surface area contributed by atoms with Crippen LogP contribution in [0.3, 0.4) is 0 Å². The Hall–Kier alpha value is -0.560. The summed E-state index contributed by atoms with van der Waals surface area (Å²) in [6, 6.07) is 3.81. The van der Waals surface area contributed by atoms with Crippen molar-refractivity contribution in [1.82, 2.24) is 0 Å². The molecule has 1 saturated carbocycles. The molecule has 0 aliphatic heterocycles. The number of hydrogen-bond donors (Lipinski definition) is 0. The highest BCUT2D eigenvalue weighted by Gasteiger charge is 2.18. The summed E-state index contributed by atoms with van der Waals surface area (Å²) in [6.07, 6.45) is 7.41. The molecule has 1 aliphatic rings. The molecular formula is C16H22ClF. The van der Waals surface area contributed by atoms with Crippen molar-refractivity contribution in [2.75, 3.05) is 0 Å². The quantitative estimate of drug-likeness (QED) is 0.674. The fourth-order valence-electron chi connectivity index (χ4n) is 2.86. The van der Waals surface area contributed by atoms with Crippen molar-refractivity contribution in [3.63, 3.8) is 0 Å². The lowest BCUT2D eigenvalue weighted by Gasteiger charge is -2.26. The summed E-state index contributed by atoms with van der Waals surface area (Å²) in [5, 5.41) is 0.333. The van der Waals surface area contributed by atoms with E-state index in [-0.39, 0.29) is 5.82 Å². The van der Waals surface area contributed by atoms with Crippen LogP contribution < -0.4 is 0 Å². The van der Waals surface area contributed by atoms with Gasteiger partial charge in [0.1, 0.15) is 5.82 Å². The van der Waals surface area contributed by atoms with E-state index in [2.05, 4.69) is 6.92 Å². The predicted molar refractivity (Wildman–Crippen MR) is 75.6 cm³/mol. The molecule has 2 heteroatoms. The van der Waals surface area contributed by atoms with Crippen LogP contribution in [0.1, 0.15) is 50.2 Å². The number of rotatable bonds is 3. The van der Waals surface area contributed by atoms with Gasteiger partial charge in [-0.3, -0.25) is 0 Å². The van der Waals surface area contributed by atoms with E-state index in [1.54, 1.807) is 6.92 Å². The maximum atomic E-state index is 13.7. The highest BCUT2D eigenvalue weighted by molar-refractivity contribution is 6.31. The Labute approximate surface area is 115 Å². The number of hydrogen-bond acceptors (Lipinski definition) is 0. The van der Waals surface area contributed by atoms with Crippen molar-refractivity contribution < 1.29 is 4.39 Å². The fourth-order valence-corrected chi connectivity index (χ4v) is 3.16. The molecule has 0 saturated heterocycles. The molecule has 1 aliphatic carbocycles. The summed E-state index contributed by atoms with van der Waals surface area (Å²) in [5.74, 6) is 1.45. The lowest BCUT2D eigenvalue weighted by molar-refractivity contribution is 0.277. The lowest BCUT2D eigenvalue weighted by atomic mass is 9.80. The fraction of sp³-hybridized carbons (Fsp3) is 0.625. The minimum absolute atomic E-state index is 0.244. The van der Waals surface area contributed by atoms with Crippen molar-refractivity contribution in [2.24, 2.45) is 11.8 Å². The first-order valence-electron chi connectivity index (χ1n) is 7.01. The van der Waals surface area contributed by atoms with Gasteiger partial charge in [0.15, 0.2) is 0 Å². The lowest BCUT2D eigenvalue weighted by Crippen LogP contribution is -2.13. The van der Waals surface area contributed by atoms with Crippen LogP contribution in [0.25, 0.3) is 0 Å². The van der Waals surface area contributed by atoms with Crippen molar-refractivity contribution >= 4 is 11.6 Å². The molecule has 0 unspecified atom stereocenters. The van der Waals surface area contributed by atoms with E-state index in [0.717, 1.165) is 30.2 Å². The smallest absolute Gasteiger partial charge is 0.144 e. The highest BCUT2D eigenvalue weighted by Crippen LogP contribution is 2.32. The normalized spacial score (nSPS) is 24.2. The first kappa shape index (κ1) is 13.9. The summed E-state index contributed by atoms with van der Waals surface area (Å²) < 4.78 is 13.7. The predicted octanol–water partition coefficient (Wildman–Crippen LogP) is 5.55. The first-order valence-corrected chi connectivity index (χ1v) is 7.39. The molecule has 100 valence electrons. The Kier molecular flexibility index (Phi) is 4.66. The Balaban J connectivity index is 1.92. The SMILES string of the molecule is Cc1ccc(CCC2CCC(C)CC2)c(Cl)c1F. The van der Waals surface area contributed by atoms with Gasteiger partial charge in [-0.1, -0.05) is 56.3 Å². The molecular weight excluding hydrogens is 247 g/mol. The summed E-state index contributed by atoms with van der Waals surface area (Å²) in [7, 11) is 0. The first-order chi connectivity index (χ1) is 8.58. The average molecular weight is 269 g/mol. The van der Waals surface area contributed by atoms with Crippen LogP contribution in [0.5, 0.6) is 0 Å². The zero-order chi connectivity index (χ0) is 13.1. The Morgan fingerprint density at radius 1 is 1.22 bits per heavy atom. The molecule has 0 aromatic heterocycles. The molecule has 1 aromatic carbocycles. The van der Waals surface area contributed by atoms with Gasteiger partial charge in [0, 0.05) is 0 Å². The number of aryl methyl sites for hydroxylation is 2. The summed E-state index contributed by atoms with van der Waals surface area (Å²) in [6.45, 7) is 4.09. The summed E-state index contributed by atoms with van der Waals surface area (Å²) in [5.41, 5.74) is 1.61. The second-order valence-corrected chi connectivity index (χ2v) is 6.21. The summed E-state index contributed by atoms with van der Waals surface area (Å²) in [4.78, 5) is 0. The molecule has 0 nitrogen and oxygen atoms in total. The van der Waals surface area contributed by atoms with Gasteiger partial charge < -0.3 is 0 Å². The second kappa shape index (κ2) is 6.06. The van der Waals surface area contributed by atoms with Crippen LogP contribution in [-0.4, -0.2) is 0 Å². The van der Waals surface area contributed by atoms with Gasteiger partial charge in [-0.2, -0.15) is 0 Å². The zero-order valence-corrected chi connectivity index (χ0v) is 12.1. The van der Waals surface area contributed by atoms with E-state index in [1.807, 2.05) is 12.1 Å².